The summed E-state index contributed by atoms with van der Waals surface area (Å²) in [6.07, 6.45) is 6.42. The van der Waals surface area contributed by atoms with Crippen molar-refractivity contribution in [3.63, 3.8) is 0 Å². The van der Waals surface area contributed by atoms with Crippen LogP contribution in [0.1, 0.15) is 29.5 Å². The normalized spacial score (nSPS) is 17.0. The molecular weight excluding hydrogens is 356 g/mol. The van der Waals surface area contributed by atoms with Gasteiger partial charge in [-0.3, -0.25) is 9.59 Å². The molecule has 6 heteroatoms. The summed E-state index contributed by atoms with van der Waals surface area (Å²) >= 11 is 0. The van der Waals surface area contributed by atoms with Gasteiger partial charge in [0.25, 0.3) is 0 Å². The molecular formula is C22H20N2O4. The van der Waals surface area contributed by atoms with E-state index in [2.05, 4.69) is 5.32 Å². The zero-order valence-corrected chi connectivity index (χ0v) is 15.4. The van der Waals surface area contributed by atoms with Crippen LogP contribution in [0.5, 0.6) is 11.5 Å². The highest BCUT2D eigenvalue weighted by molar-refractivity contribution is 6.03. The summed E-state index contributed by atoms with van der Waals surface area (Å²) in [5.74, 6) is 1.42. The molecule has 0 fully saturated rings. The van der Waals surface area contributed by atoms with E-state index in [9.17, 15) is 9.59 Å². The maximum absolute atomic E-state index is 12.4. The summed E-state index contributed by atoms with van der Waals surface area (Å²) < 4.78 is 10.7. The first-order valence-electron chi connectivity index (χ1n) is 9.52. The fourth-order valence-electron chi connectivity index (χ4n) is 4.10. The molecule has 2 amide bonds. The second kappa shape index (κ2) is 6.71. The van der Waals surface area contributed by atoms with E-state index >= 15 is 0 Å². The van der Waals surface area contributed by atoms with E-state index in [1.54, 1.807) is 6.08 Å². The quantitative estimate of drug-likeness (QED) is 0.835. The van der Waals surface area contributed by atoms with Gasteiger partial charge in [-0.15, -0.1) is 0 Å². The molecule has 28 heavy (non-hydrogen) atoms. The molecule has 0 atom stereocenters. The number of hydrogen-bond donors (Lipinski definition) is 1. The molecule has 0 radical (unpaired) electrons. The zero-order chi connectivity index (χ0) is 19.1. The van der Waals surface area contributed by atoms with Gasteiger partial charge in [-0.05, 0) is 66.3 Å². The molecule has 2 aromatic rings. The van der Waals surface area contributed by atoms with Crippen LogP contribution in [0.4, 0.5) is 11.4 Å². The van der Waals surface area contributed by atoms with Crippen molar-refractivity contribution in [3.05, 3.63) is 53.1 Å². The summed E-state index contributed by atoms with van der Waals surface area (Å²) in [5.41, 5.74) is 5.01. The standard InChI is InChI=1S/C22H20N2O4/c25-20(7-4-14-3-6-18-19(10-14)28-13-27-18)23-17-11-15-2-1-9-24-21(26)8-5-16(12-17)22(15)24/h3-4,6-7,10-12H,1-2,5,8-9,13H2,(H,23,25). The second-order valence-electron chi connectivity index (χ2n) is 7.23. The second-order valence-corrected chi connectivity index (χ2v) is 7.23. The van der Waals surface area contributed by atoms with Crippen LogP contribution in [-0.4, -0.2) is 25.2 Å². The smallest absolute Gasteiger partial charge is 0.248 e. The predicted molar refractivity (Wildman–Crippen MR) is 106 cm³/mol. The third-order valence-electron chi connectivity index (χ3n) is 5.37. The number of rotatable bonds is 3. The van der Waals surface area contributed by atoms with Crippen molar-refractivity contribution in [2.24, 2.45) is 0 Å². The Morgan fingerprint density at radius 3 is 2.75 bits per heavy atom. The number of carbonyl (C=O) groups excluding carboxylic acids is 2. The number of aryl methyl sites for hydroxylation is 2. The van der Waals surface area contributed by atoms with Crippen molar-refractivity contribution >= 4 is 29.3 Å². The number of carbonyl (C=O) groups is 2. The molecule has 0 saturated carbocycles. The molecule has 0 bridgehead atoms. The lowest BCUT2D eigenvalue weighted by atomic mass is 9.91. The molecule has 1 N–H and O–H groups in total. The van der Waals surface area contributed by atoms with E-state index in [4.69, 9.17) is 9.47 Å². The molecule has 142 valence electrons. The average molecular weight is 376 g/mol. The van der Waals surface area contributed by atoms with Crippen LogP contribution in [0.2, 0.25) is 0 Å². The minimum absolute atomic E-state index is 0.190. The first kappa shape index (κ1) is 16.9. The van der Waals surface area contributed by atoms with Crippen molar-refractivity contribution in [2.45, 2.75) is 25.7 Å². The Hall–Kier alpha value is -3.28. The number of hydrogen-bond acceptors (Lipinski definition) is 4. The molecule has 3 aliphatic rings. The Bertz CT molecular complexity index is 995. The van der Waals surface area contributed by atoms with Crippen molar-refractivity contribution in [1.29, 1.82) is 0 Å². The van der Waals surface area contributed by atoms with Crippen LogP contribution < -0.4 is 19.7 Å². The molecule has 0 aromatic heterocycles. The summed E-state index contributed by atoms with van der Waals surface area (Å²) in [4.78, 5) is 26.5. The van der Waals surface area contributed by atoms with Gasteiger partial charge in [0.2, 0.25) is 18.6 Å². The Kier molecular flexibility index (Phi) is 4.04. The van der Waals surface area contributed by atoms with Gasteiger partial charge in [-0.2, -0.15) is 0 Å². The molecule has 0 spiro atoms. The highest BCUT2D eigenvalue weighted by Crippen LogP contribution is 2.38. The first-order chi connectivity index (χ1) is 13.7. The van der Waals surface area contributed by atoms with Crippen LogP contribution in [0.25, 0.3) is 6.08 Å². The van der Waals surface area contributed by atoms with Gasteiger partial charge in [0.15, 0.2) is 11.5 Å². The van der Waals surface area contributed by atoms with E-state index in [0.717, 1.165) is 59.6 Å². The van der Waals surface area contributed by atoms with Crippen LogP contribution in [0.3, 0.4) is 0 Å². The van der Waals surface area contributed by atoms with E-state index in [0.29, 0.717) is 12.2 Å². The fraction of sp³-hybridized carbons (Fsp3) is 0.273. The summed E-state index contributed by atoms with van der Waals surface area (Å²) in [5, 5.41) is 2.95. The number of fused-ring (bicyclic) bond motifs is 1. The van der Waals surface area contributed by atoms with Gasteiger partial charge in [0, 0.05) is 24.7 Å². The Labute approximate surface area is 162 Å². The molecule has 0 aliphatic carbocycles. The van der Waals surface area contributed by atoms with E-state index in [1.807, 2.05) is 35.2 Å². The Morgan fingerprint density at radius 2 is 1.86 bits per heavy atom. The third-order valence-corrected chi connectivity index (χ3v) is 5.37. The van der Waals surface area contributed by atoms with Crippen LogP contribution >= 0.6 is 0 Å². The van der Waals surface area contributed by atoms with Gasteiger partial charge in [-0.25, -0.2) is 0 Å². The molecule has 3 heterocycles. The summed E-state index contributed by atoms with van der Waals surface area (Å²) in [7, 11) is 0. The maximum Gasteiger partial charge on any atom is 0.248 e. The lowest BCUT2D eigenvalue weighted by Gasteiger charge is -2.35. The molecule has 2 aromatic carbocycles. The Morgan fingerprint density at radius 1 is 1.04 bits per heavy atom. The molecule has 0 unspecified atom stereocenters. The number of benzene rings is 2. The van der Waals surface area contributed by atoms with Crippen LogP contribution in [-0.2, 0) is 22.4 Å². The van der Waals surface area contributed by atoms with Gasteiger partial charge >= 0.3 is 0 Å². The first-order valence-corrected chi connectivity index (χ1v) is 9.52. The van der Waals surface area contributed by atoms with E-state index in [-0.39, 0.29) is 18.6 Å². The molecule has 0 saturated heterocycles. The molecule has 3 aliphatic heterocycles. The van der Waals surface area contributed by atoms with E-state index < -0.39 is 0 Å². The summed E-state index contributed by atoms with van der Waals surface area (Å²) in [6.45, 7) is 1.02. The zero-order valence-electron chi connectivity index (χ0n) is 15.4. The van der Waals surface area contributed by atoms with Crippen molar-refractivity contribution in [3.8, 4) is 11.5 Å². The minimum atomic E-state index is -0.190. The van der Waals surface area contributed by atoms with Crippen molar-refractivity contribution in [1.82, 2.24) is 0 Å². The van der Waals surface area contributed by atoms with Gasteiger partial charge in [0.1, 0.15) is 0 Å². The average Bonchev–Trinajstić information content (AvgIpc) is 3.17. The number of anilines is 2. The van der Waals surface area contributed by atoms with Gasteiger partial charge in [0.05, 0.1) is 5.69 Å². The minimum Gasteiger partial charge on any atom is -0.454 e. The highest BCUT2D eigenvalue weighted by Gasteiger charge is 2.29. The Balaban J connectivity index is 1.34. The number of ether oxygens (including phenoxy) is 2. The molecule has 5 rings (SSSR count). The van der Waals surface area contributed by atoms with Gasteiger partial charge < -0.3 is 19.7 Å². The predicted octanol–water partition coefficient (Wildman–Crippen LogP) is 3.29. The van der Waals surface area contributed by atoms with Crippen molar-refractivity contribution in [2.75, 3.05) is 23.6 Å². The lowest BCUT2D eigenvalue weighted by Crippen LogP contribution is -2.39. The SMILES string of the molecule is O=C(C=Cc1ccc2c(c1)OCO2)Nc1cc2c3c(c1)CCC(=O)N3CCC2. The lowest BCUT2D eigenvalue weighted by molar-refractivity contribution is -0.119. The fourth-order valence-corrected chi connectivity index (χ4v) is 4.10. The van der Waals surface area contributed by atoms with Crippen LogP contribution in [0, 0.1) is 0 Å². The summed E-state index contributed by atoms with van der Waals surface area (Å²) in [6, 6.07) is 9.56. The number of nitrogens with zero attached hydrogens (tertiary/aromatic N) is 1. The van der Waals surface area contributed by atoms with E-state index in [1.165, 1.54) is 6.08 Å². The topological polar surface area (TPSA) is 67.9 Å². The number of amides is 2. The monoisotopic (exact) mass is 376 g/mol. The maximum atomic E-state index is 12.4. The molecule has 6 nitrogen and oxygen atoms in total. The van der Waals surface area contributed by atoms with Crippen molar-refractivity contribution < 1.29 is 19.1 Å². The highest BCUT2D eigenvalue weighted by atomic mass is 16.7. The largest absolute Gasteiger partial charge is 0.454 e. The number of nitrogens with one attached hydrogen (secondary N) is 1. The van der Waals surface area contributed by atoms with Crippen LogP contribution in [0.15, 0.2) is 36.4 Å². The third kappa shape index (κ3) is 3.01. The van der Waals surface area contributed by atoms with Gasteiger partial charge in [-0.1, -0.05) is 6.07 Å².